The van der Waals surface area contributed by atoms with E-state index in [2.05, 4.69) is 27.7 Å². The normalized spacial score (nSPS) is 17.9. The number of aryl methyl sites for hydroxylation is 1. The number of rotatable bonds is 8. The number of hydrogen-bond donors (Lipinski definition) is 1. The first-order valence-electron chi connectivity index (χ1n) is 11.8. The number of aliphatic hydroxyl groups is 1. The summed E-state index contributed by atoms with van der Waals surface area (Å²) in [5.74, 6) is 0.159. The molecule has 33 heavy (non-hydrogen) atoms. The number of nitrogens with zero attached hydrogens (tertiary/aromatic N) is 1. The SMILES string of the molecule is CCCN1C(=O)C(=O)/C(=C(\O)c2ccc(OCC(C)C)c(C)c2)C1c1ccc(C(C)C)cc1. The molecular formula is C28H35NO4. The Bertz CT molecular complexity index is 1050. The number of carbonyl (C=O) groups is 2. The number of likely N-dealkylation sites (tertiary alicyclic amines) is 1. The summed E-state index contributed by atoms with van der Waals surface area (Å²) in [7, 11) is 0. The Kier molecular flexibility index (Phi) is 7.62. The van der Waals surface area contributed by atoms with Crippen LogP contribution in [0.15, 0.2) is 48.0 Å². The standard InChI is InChI=1S/C28H35NO4/c1-7-14-29-25(21-10-8-20(9-11-21)18(4)5)24(27(31)28(29)32)26(30)22-12-13-23(19(6)15-22)33-16-17(2)3/h8-13,15,17-18,25,30H,7,14,16H2,1-6H3/b26-24-. The summed E-state index contributed by atoms with van der Waals surface area (Å²) in [5.41, 5.74) is 3.50. The van der Waals surface area contributed by atoms with Crippen molar-refractivity contribution in [2.45, 2.75) is 59.9 Å². The van der Waals surface area contributed by atoms with Gasteiger partial charge in [0, 0.05) is 12.1 Å². The van der Waals surface area contributed by atoms with Gasteiger partial charge in [-0.25, -0.2) is 0 Å². The van der Waals surface area contributed by atoms with Crippen molar-refractivity contribution in [1.82, 2.24) is 4.90 Å². The summed E-state index contributed by atoms with van der Waals surface area (Å²) >= 11 is 0. The molecule has 0 aromatic heterocycles. The van der Waals surface area contributed by atoms with Gasteiger partial charge in [-0.15, -0.1) is 0 Å². The van der Waals surface area contributed by atoms with Crippen molar-refractivity contribution in [1.29, 1.82) is 0 Å². The van der Waals surface area contributed by atoms with E-state index in [0.29, 0.717) is 37.0 Å². The van der Waals surface area contributed by atoms with Gasteiger partial charge < -0.3 is 14.7 Å². The monoisotopic (exact) mass is 449 g/mol. The van der Waals surface area contributed by atoms with Gasteiger partial charge >= 0.3 is 0 Å². The summed E-state index contributed by atoms with van der Waals surface area (Å²) in [5, 5.41) is 11.2. The molecule has 1 atom stereocenters. The molecule has 5 nitrogen and oxygen atoms in total. The average Bonchev–Trinajstić information content (AvgIpc) is 3.03. The lowest BCUT2D eigenvalue weighted by Crippen LogP contribution is -2.30. The van der Waals surface area contributed by atoms with E-state index in [4.69, 9.17) is 4.74 Å². The smallest absolute Gasteiger partial charge is 0.295 e. The molecule has 3 rings (SSSR count). The Balaban J connectivity index is 2.07. The lowest BCUT2D eigenvalue weighted by atomic mass is 9.93. The third-order valence-corrected chi connectivity index (χ3v) is 5.94. The second kappa shape index (κ2) is 10.2. The molecule has 2 aromatic carbocycles. The average molecular weight is 450 g/mol. The molecule has 0 spiro atoms. The summed E-state index contributed by atoms with van der Waals surface area (Å²) in [4.78, 5) is 27.5. The first kappa shape index (κ1) is 24.6. The van der Waals surface area contributed by atoms with Crippen molar-refractivity contribution >= 4 is 17.4 Å². The highest BCUT2D eigenvalue weighted by Crippen LogP contribution is 2.40. The lowest BCUT2D eigenvalue weighted by Gasteiger charge is -2.25. The zero-order valence-corrected chi connectivity index (χ0v) is 20.5. The fraction of sp³-hybridized carbons (Fsp3) is 0.429. The van der Waals surface area contributed by atoms with Crippen molar-refractivity contribution in [3.8, 4) is 5.75 Å². The molecule has 0 aliphatic carbocycles. The molecule has 1 unspecified atom stereocenters. The second-order valence-corrected chi connectivity index (χ2v) is 9.50. The van der Waals surface area contributed by atoms with E-state index in [1.165, 1.54) is 5.56 Å². The Morgan fingerprint density at radius 1 is 1.06 bits per heavy atom. The molecule has 1 fully saturated rings. The van der Waals surface area contributed by atoms with Crippen LogP contribution < -0.4 is 4.74 Å². The number of benzene rings is 2. The summed E-state index contributed by atoms with van der Waals surface area (Å²) in [6.07, 6.45) is 0.717. The minimum atomic E-state index is -0.642. The highest BCUT2D eigenvalue weighted by atomic mass is 16.5. The topological polar surface area (TPSA) is 66.8 Å². The zero-order valence-electron chi connectivity index (χ0n) is 20.5. The molecule has 1 amide bonds. The molecule has 5 heteroatoms. The van der Waals surface area contributed by atoms with Crippen LogP contribution in [0.4, 0.5) is 0 Å². The van der Waals surface area contributed by atoms with Gasteiger partial charge in [-0.2, -0.15) is 0 Å². The molecule has 1 aliphatic heterocycles. The Hall–Kier alpha value is -3.08. The van der Waals surface area contributed by atoms with E-state index in [9.17, 15) is 14.7 Å². The van der Waals surface area contributed by atoms with Crippen molar-refractivity contribution < 1.29 is 19.4 Å². The summed E-state index contributed by atoms with van der Waals surface area (Å²) in [6.45, 7) is 13.3. The highest BCUT2D eigenvalue weighted by molar-refractivity contribution is 6.46. The lowest BCUT2D eigenvalue weighted by molar-refractivity contribution is -0.139. The number of hydrogen-bond acceptors (Lipinski definition) is 4. The fourth-order valence-electron chi connectivity index (χ4n) is 4.13. The zero-order chi connectivity index (χ0) is 24.3. The maximum Gasteiger partial charge on any atom is 0.295 e. The third kappa shape index (κ3) is 5.13. The molecule has 2 aromatic rings. The number of aliphatic hydroxyl groups excluding tert-OH is 1. The van der Waals surface area contributed by atoms with Crippen LogP contribution in [0.25, 0.3) is 5.76 Å². The number of ether oxygens (including phenoxy) is 1. The van der Waals surface area contributed by atoms with E-state index >= 15 is 0 Å². The molecule has 176 valence electrons. The van der Waals surface area contributed by atoms with Gasteiger partial charge in [-0.1, -0.05) is 58.9 Å². The highest BCUT2D eigenvalue weighted by Gasteiger charge is 2.45. The first-order chi connectivity index (χ1) is 15.6. The van der Waals surface area contributed by atoms with Crippen LogP contribution in [0.2, 0.25) is 0 Å². The van der Waals surface area contributed by atoms with Crippen molar-refractivity contribution in [2.24, 2.45) is 5.92 Å². The molecule has 1 aliphatic rings. The van der Waals surface area contributed by atoms with E-state index in [-0.39, 0.29) is 11.3 Å². The second-order valence-electron chi connectivity index (χ2n) is 9.50. The third-order valence-electron chi connectivity index (χ3n) is 5.94. The van der Waals surface area contributed by atoms with Gasteiger partial charge in [0.1, 0.15) is 11.5 Å². The predicted octanol–water partition coefficient (Wildman–Crippen LogP) is 5.98. The fourth-order valence-corrected chi connectivity index (χ4v) is 4.13. The van der Waals surface area contributed by atoms with Gasteiger partial charge in [0.2, 0.25) is 0 Å². The number of carbonyl (C=O) groups excluding carboxylic acids is 2. The van der Waals surface area contributed by atoms with Crippen LogP contribution in [0, 0.1) is 12.8 Å². The Morgan fingerprint density at radius 2 is 1.73 bits per heavy atom. The van der Waals surface area contributed by atoms with E-state index in [1.54, 1.807) is 23.1 Å². The van der Waals surface area contributed by atoms with Crippen LogP contribution in [0.1, 0.15) is 75.3 Å². The largest absolute Gasteiger partial charge is 0.507 e. The Morgan fingerprint density at radius 3 is 2.27 bits per heavy atom. The van der Waals surface area contributed by atoms with Crippen molar-refractivity contribution in [3.05, 3.63) is 70.3 Å². The Labute approximate surface area is 197 Å². The summed E-state index contributed by atoms with van der Waals surface area (Å²) in [6, 6.07) is 12.7. The maximum atomic E-state index is 13.1. The molecule has 1 heterocycles. The van der Waals surface area contributed by atoms with Gasteiger partial charge in [0.25, 0.3) is 11.7 Å². The van der Waals surface area contributed by atoms with E-state index in [0.717, 1.165) is 16.9 Å². The minimum absolute atomic E-state index is 0.140. The van der Waals surface area contributed by atoms with Crippen LogP contribution in [-0.4, -0.2) is 34.8 Å². The van der Waals surface area contributed by atoms with Gasteiger partial charge in [0.15, 0.2) is 0 Å². The van der Waals surface area contributed by atoms with Crippen molar-refractivity contribution in [2.75, 3.05) is 13.2 Å². The van der Waals surface area contributed by atoms with E-state index in [1.807, 2.05) is 38.1 Å². The van der Waals surface area contributed by atoms with Crippen LogP contribution in [0.3, 0.4) is 0 Å². The number of ketones is 1. The van der Waals surface area contributed by atoms with Gasteiger partial charge in [-0.05, 0) is 60.1 Å². The van der Waals surface area contributed by atoms with Gasteiger partial charge in [0.05, 0.1) is 18.2 Å². The summed E-state index contributed by atoms with van der Waals surface area (Å²) < 4.78 is 5.84. The minimum Gasteiger partial charge on any atom is -0.507 e. The molecule has 0 saturated carbocycles. The van der Waals surface area contributed by atoms with Crippen LogP contribution in [0.5, 0.6) is 5.75 Å². The molecule has 0 bridgehead atoms. The molecule has 0 radical (unpaired) electrons. The van der Waals surface area contributed by atoms with Gasteiger partial charge in [-0.3, -0.25) is 9.59 Å². The molecule has 1 saturated heterocycles. The van der Waals surface area contributed by atoms with E-state index < -0.39 is 17.7 Å². The molecule has 1 N–H and O–H groups in total. The molecular weight excluding hydrogens is 414 g/mol. The van der Waals surface area contributed by atoms with Crippen molar-refractivity contribution in [3.63, 3.8) is 0 Å². The maximum absolute atomic E-state index is 13.1. The van der Waals surface area contributed by atoms with Crippen LogP contribution in [-0.2, 0) is 9.59 Å². The predicted molar refractivity (Wildman–Crippen MR) is 131 cm³/mol. The van der Waals surface area contributed by atoms with Crippen LogP contribution >= 0.6 is 0 Å². The number of amides is 1. The first-order valence-corrected chi connectivity index (χ1v) is 11.8. The number of Topliss-reactive ketones (excluding diaryl/α,β-unsaturated/α-hetero) is 1. The quantitative estimate of drug-likeness (QED) is 0.306.